The Hall–Kier alpha value is -1.19. The van der Waals surface area contributed by atoms with Gasteiger partial charge in [0.25, 0.3) is 0 Å². The van der Waals surface area contributed by atoms with Gasteiger partial charge < -0.3 is 10.6 Å². The molecule has 2 atom stereocenters. The van der Waals surface area contributed by atoms with Crippen LogP contribution in [-0.4, -0.2) is 84.4 Å². The molecule has 26 heavy (non-hydrogen) atoms. The number of primary amides is 1. The van der Waals surface area contributed by atoms with Gasteiger partial charge >= 0.3 is 0 Å². The maximum Gasteiger partial charge on any atom is 0.237 e. The van der Waals surface area contributed by atoms with E-state index in [1.165, 1.54) is 11.2 Å². The Bertz CT molecular complexity index is 656. The molecular formula is C17H30N4O4S. The van der Waals surface area contributed by atoms with E-state index in [1.807, 2.05) is 0 Å². The van der Waals surface area contributed by atoms with Gasteiger partial charge in [0.15, 0.2) is 0 Å². The topological polar surface area (TPSA) is 104 Å². The molecule has 3 fully saturated rings. The number of nitrogens with two attached hydrogens (primary N) is 1. The summed E-state index contributed by atoms with van der Waals surface area (Å²) in [5, 5.41) is 0. The molecule has 0 saturated carbocycles. The van der Waals surface area contributed by atoms with Gasteiger partial charge in [0.1, 0.15) is 5.54 Å². The van der Waals surface area contributed by atoms with Crippen LogP contribution in [0.1, 0.15) is 45.4 Å². The number of carbonyl (C=O) groups is 2. The molecule has 8 nitrogen and oxygen atoms in total. The summed E-state index contributed by atoms with van der Waals surface area (Å²) in [4.78, 5) is 27.3. The minimum atomic E-state index is -3.34. The van der Waals surface area contributed by atoms with Gasteiger partial charge in [0, 0.05) is 45.7 Å². The maximum absolute atomic E-state index is 12.6. The summed E-state index contributed by atoms with van der Waals surface area (Å²) < 4.78 is 26.7. The van der Waals surface area contributed by atoms with Crippen molar-refractivity contribution < 1.29 is 18.0 Å². The molecule has 3 aliphatic heterocycles. The summed E-state index contributed by atoms with van der Waals surface area (Å²) in [7, 11) is -3.34. The number of fused-ring (bicyclic) bond motifs is 2. The van der Waals surface area contributed by atoms with Crippen molar-refractivity contribution in [2.75, 3.05) is 38.5 Å². The lowest BCUT2D eigenvalue weighted by Gasteiger charge is -2.42. The van der Waals surface area contributed by atoms with E-state index in [-0.39, 0.29) is 17.6 Å². The third-order valence-corrected chi connectivity index (χ3v) is 8.30. The van der Waals surface area contributed by atoms with Crippen molar-refractivity contribution in [1.29, 1.82) is 0 Å². The van der Waals surface area contributed by atoms with Crippen LogP contribution in [0.4, 0.5) is 0 Å². The first kappa shape index (κ1) is 19.6. The first-order valence-corrected chi connectivity index (χ1v) is 11.2. The van der Waals surface area contributed by atoms with E-state index in [4.69, 9.17) is 5.73 Å². The minimum Gasteiger partial charge on any atom is -0.368 e. The predicted octanol–water partition coefficient (Wildman–Crippen LogP) is -0.257. The average molecular weight is 387 g/mol. The molecule has 3 heterocycles. The minimum absolute atomic E-state index is 0.0145. The second-order valence-corrected chi connectivity index (χ2v) is 9.84. The van der Waals surface area contributed by atoms with Crippen molar-refractivity contribution in [1.82, 2.24) is 14.1 Å². The summed E-state index contributed by atoms with van der Waals surface area (Å²) in [5.41, 5.74) is 5.15. The lowest BCUT2D eigenvalue weighted by atomic mass is 9.87. The Kier molecular flexibility index (Phi) is 5.60. The van der Waals surface area contributed by atoms with Crippen LogP contribution in [0.25, 0.3) is 0 Å². The van der Waals surface area contributed by atoms with Crippen molar-refractivity contribution in [3.8, 4) is 0 Å². The Morgan fingerprint density at radius 3 is 2.42 bits per heavy atom. The summed E-state index contributed by atoms with van der Waals surface area (Å²) in [6.07, 6.45) is 5.15. The highest BCUT2D eigenvalue weighted by Gasteiger charge is 2.52. The predicted molar refractivity (Wildman–Crippen MR) is 97.7 cm³/mol. The van der Waals surface area contributed by atoms with Crippen LogP contribution in [0.3, 0.4) is 0 Å². The van der Waals surface area contributed by atoms with Crippen molar-refractivity contribution in [3.05, 3.63) is 0 Å². The lowest BCUT2D eigenvalue weighted by Crippen LogP contribution is -2.58. The van der Waals surface area contributed by atoms with Gasteiger partial charge in [0.05, 0.1) is 5.75 Å². The van der Waals surface area contributed by atoms with E-state index in [9.17, 15) is 18.0 Å². The third-order valence-electron chi connectivity index (χ3n) is 6.35. The monoisotopic (exact) mass is 386 g/mol. The third kappa shape index (κ3) is 3.61. The highest BCUT2D eigenvalue weighted by molar-refractivity contribution is 7.89. The molecule has 0 aromatic rings. The average Bonchev–Trinajstić information content (AvgIpc) is 2.80. The Morgan fingerprint density at radius 1 is 1.12 bits per heavy atom. The van der Waals surface area contributed by atoms with Crippen LogP contribution in [0.15, 0.2) is 0 Å². The van der Waals surface area contributed by atoms with Gasteiger partial charge in [-0.1, -0.05) is 0 Å². The van der Waals surface area contributed by atoms with E-state index in [0.717, 1.165) is 32.1 Å². The molecule has 3 rings (SSSR count). The smallest absolute Gasteiger partial charge is 0.237 e. The second-order valence-electron chi connectivity index (χ2n) is 7.75. The molecule has 3 aliphatic rings. The summed E-state index contributed by atoms with van der Waals surface area (Å²) in [6, 6.07) is 0.359. The molecule has 3 saturated heterocycles. The molecule has 0 unspecified atom stereocenters. The van der Waals surface area contributed by atoms with Gasteiger partial charge in [-0.3, -0.25) is 14.5 Å². The molecule has 0 aliphatic carbocycles. The second kappa shape index (κ2) is 7.44. The lowest BCUT2D eigenvalue weighted by molar-refractivity contribution is -0.131. The van der Waals surface area contributed by atoms with Crippen molar-refractivity contribution in [2.24, 2.45) is 5.73 Å². The first-order valence-electron chi connectivity index (χ1n) is 9.56. The molecule has 2 bridgehead atoms. The zero-order valence-electron chi connectivity index (χ0n) is 15.5. The van der Waals surface area contributed by atoms with E-state index < -0.39 is 15.6 Å². The molecule has 2 amide bonds. The van der Waals surface area contributed by atoms with Gasteiger partial charge in [-0.25, -0.2) is 8.42 Å². The highest BCUT2D eigenvalue weighted by atomic mass is 32.2. The quantitative estimate of drug-likeness (QED) is 0.677. The molecule has 2 N–H and O–H groups in total. The number of nitrogens with zero attached hydrogens (tertiary/aromatic N) is 3. The number of rotatable bonds is 6. The van der Waals surface area contributed by atoms with Gasteiger partial charge in [-0.05, 0) is 38.5 Å². The van der Waals surface area contributed by atoms with Gasteiger partial charge in [-0.2, -0.15) is 4.31 Å². The van der Waals surface area contributed by atoms with E-state index in [1.54, 1.807) is 4.90 Å². The zero-order chi connectivity index (χ0) is 18.9. The molecule has 0 aromatic carbocycles. The fourth-order valence-corrected chi connectivity index (χ4v) is 6.34. The van der Waals surface area contributed by atoms with Crippen LogP contribution < -0.4 is 5.73 Å². The van der Waals surface area contributed by atoms with E-state index in [2.05, 4.69) is 4.90 Å². The first-order chi connectivity index (χ1) is 12.3. The van der Waals surface area contributed by atoms with Gasteiger partial charge in [0.2, 0.25) is 21.8 Å². The molecule has 0 aromatic heterocycles. The summed E-state index contributed by atoms with van der Waals surface area (Å²) >= 11 is 0. The number of sulfonamides is 1. The number of amides is 2. The number of hydrogen-bond acceptors (Lipinski definition) is 5. The van der Waals surface area contributed by atoms with Crippen molar-refractivity contribution in [2.45, 2.75) is 57.0 Å². The van der Waals surface area contributed by atoms with Crippen LogP contribution in [0, 0.1) is 0 Å². The number of piperazine rings is 1. The molecule has 148 valence electrons. The zero-order valence-corrected chi connectivity index (χ0v) is 16.3. The number of piperidine rings is 1. The van der Waals surface area contributed by atoms with Crippen LogP contribution in [-0.2, 0) is 19.6 Å². The summed E-state index contributed by atoms with van der Waals surface area (Å²) in [5.74, 6) is -0.201. The summed E-state index contributed by atoms with van der Waals surface area (Å²) in [6.45, 7) is 3.73. The normalized spacial score (nSPS) is 30.5. The van der Waals surface area contributed by atoms with E-state index in [0.29, 0.717) is 45.2 Å². The van der Waals surface area contributed by atoms with Gasteiger partial charge in [-0.15, -0.1) is 0 Å². The number of hydrogen-bond donors (Lipinski definition) is 1. The maximum atomic E-state index is 12.6. The Balaban J connectivity index is 1.54. The molecular weight excluding hydrogens is 356 g/mol. The number of carbonyl (C=O) groups excluding carboxylic acids is 2. The molecule has 0 spiro atoms. The Morgan fingerprint density at radius 2 is 1.81 bits per heavy atom. The largest absolute Gasteiger partial charge is 0.368 e. The SMILES string of the molecule is CC(=O)N1CCN(S(=O)(=O)CCCN2[C@@H]3CCC[C@@]2(C(N)=O)CC3)CC1. The van der Waals surface area contributed by atoms with Crippen molar-refractivity contribution in [3.63, 3.8) is 0 Å². The fraction of sp³-hybridized carbons (Fsp3) is 0.882. The van der Waals surface area contributed by atoms with Crippen LogP contribution in [0.2, 0.25) is 0 Å². The van der Waals surface area contributed by atoms with E-state index >= 15 is 0 Å². The van der Waals surface area contributed by atoms with Crippen LogP contribution in [0.5, 0.6) is 0 Å². The van der Waals surface area contributed by atoms with Crippen LogP contribution >= 0.6 is 0 Å². The fourth-order valence-electron chi connectivity index (χ4n) is 4.87. The van der Waals surface area contributed by atoms with Crippen molar-refractivity contribution >= 4 is 21.8 Å². The highest BCUT2D eigenvalue weighted by Crippen LogP contribution is 2.43. The Labute approximate surface area is 155 Å². The molecule has 9 heteroatoms. The molecule has 0 radical (unpaired) electrons. The standard InChI is InChI=1S/C17H30N4O4S/c1-14(22)19-9-11-20(12-10-19)26(24,25)13-3-8-21-15-4-2-6-17(21,7-5-15)16(18)23/h15H,2-13H2,1H3,(H2,18,23)/t15-,17+/m1/s1.